The molecule has 0 aromatic heterocycles. The Kier molecular flexibility index (Phi) is 13.2. The van der Waals surface area contributed by atoms with Gasteiger partial charge in [0.2, 0.25) is 0 Å². The first-order valence-electron chi connectivity index (χ1n) is 15.6. The van der Waals surface area contributed by atoms with Crippen molar-refractivity contribution in [1.29, 1.82) is 0 Å². The molecule has 3 rings (SSSR count). The predicted molar refractivity (Wildman–Crippen MR) is 162 cm³/mol. The number of esters is 1. The summed E-state index contributed by atoms with van der Waals surface area (Å²) < 4.78 is 30.3. The molecule has 12 heteroatoms. The van der Waals surface area contributed by atoms with Crippen LogP contribution in [0, 0.1) is 11.8 Å². The lowest BCUT2D eigenvalue weighted by molar-refractivity contribution is -0.151. The van der Waals surface area contributed by atoms with Gasteiger partial charge < -0.3 is 39.1 Å². The highest BCUT2D eigenvalue weighted by Crippen LogP contribution is 2.27. The van der Waals surface area contributed by atoms with E-state index < -0.39 is 48.2 Å². The normalized spacial score (nSPS) is 32.9. The lowest BCUT2D eigenvalue weighted by Gasteiger charge is -2.36. The zero-order valence-electron chi connectivity index (χ0n) is 26.7. The average Bonchev–Trinajstić information content (AvgIpc) is 3.41. The molecule has 11 nitrogen and oxygen atoms in total. The summed E-state index contributed by atoms with van der Waals surface area (Å²) in [6.45, 7) is 10.2. The Bertz CT molecular complexity index is 1070. The Hall–Kier alpha value is -2.96. The molecule has 0 radical (unpaired) electrons. The van der Waals surface area contributed by atoms with Crippen LogP contribution in [-0.4, -0.2) is 126 Å². The fourth-order valence-corrected chi connectivity index (χ4v) is 5.35. The van der Waals surface area contributed by atoms with Crippen LogP contribution in [0.2, 0.25) is 0 Å². The minimum Gasteiger partial charge on any atom is -0.457 e. The van der Waals surface area contributed by atoms with Crippen LogP contribution in [0.1, 0.15) is 53.4 Å². The largest absolute Gasteiger partial charge is 0.457 e. The van der Waals surface area contributed by atoms with Gasteiger partial charge in [-0.05, 0) is 51.8 Å². The van der Waals surface area contributed by atoms with E-state index in [1.165, 1.54) is 4.90 Å². The summed E-state index contributed by atoms with van der Waals surface area (Å²) in [7, 11) is 1.99. The van der Waals surface area contributed by atoms with Crippen LogP contribution < -0.4 is 0 Å². The number of halogens is 1. The molecule has 2 saturated heterocycles. The Morgan fingerprint density at radius 3 is 2.52 bits per heavy atom. The van der Waals surface area contributed by atoms with Crippen LogP contribution in [0.15, 0.2) is 36.0 Å². The molecule has 2 amide bonds. The molecule has 0 aromatic carbocycles. The number of cyclic esters (lactones) is 1. The third kappa shape index (κ3) is 10.9. The molecule has 3 aliphatic heterocycles. The number of carbonyl (C=O) groups is 3. The third-order valence-corrected chi connectivity index (χ3v) is 8.42. The molecule has 0 spiro atoms. The SMILES string of the molecule is C/C(=C\C=C\[C@@H](C)COC(=O)N1CC[C@@H](F)C1)[C@H]1OC(=O)C[C@@H](O)CC[C@](C)(O)[C@H](OC(=O)N2CCN(C)CC2)/C=C/[C@@H]1C. The fraction of sp³-hybridized carbons (Fsp3) is 0.719. The van der Waals surface area contributed by atoms with Gasteiger partial charge in [-0.25, -0.2) is 14.0 Å². The molecule has 7 atom stereocenters. The second-order valence-corrected chi connectivity index (χ2v) is 12.7. The van der Waals surface area contributed by atoms with Crippen molar-refractivity contribution in [3.05, 3.63) is 36.0 Å². The Labute approximate surface area is 260 Å². The molecular formula is C32H50FN3O8. The second kappa shape index (κ2) is 16.4. The van der Waals surface area contributed by atoms with Crippen LogP contribution >= 0.6 is 0 Å². The number of piperazine rings is 1. The fourth-order valence-electron chi connectivity index (χ4n) is 5.35. The zero-order chi connectivity index (χ0) is 32.4. The van der Waals surface area contributed by atoms with Crippen LogP contribution in [-0.2, 0) is 19.0 Å². The summed E-state index contributed by atoms with van der Waals surface area (Å²) in [5.74, 6) is -1.04. The standard InChI is InChI=1S/C32H50FN3O8/c1-22(21-42-30(39)36-14-12-25(33)20-36)7-6-8-23(2)29-24(3)9-10-27(43-31(40)35-17-15-34(5)16-18-35)32(4,41)13-11-26(37)19-28(38)44-29/h6-10,22,24-27,29,37,41H,11-21H2,1-5H3/b7-6+,10-9+,23-8+/t22-,24+,25-,26+,27-,29-,32+/m1/s1. The highest BCUT2D eigenvalue weighted by molar-refractivity contribution is 5.70. The number of hydrogen-bond acceptors (Lipinski definition) is 9. The molecule has 248 valence electrons. The van der Waals surface area contributed by atoms with Gasteiger partial charge in [0.15, 0.2) is 6.10 Å². The van der Waals surface area contributed by atoms with E-state index in [9.17, 15) is 29.0 Å². The van der Waals surface area contributed by atoms with Gasteiger partial charge in [-0.15, -0.1) is 0 Å². The van der Waals surface area contributed by atoms with Gasteiger partial charge in [-0.3, -0.25) is 4.79 Å². The number of rotatable bonds is 6. The molecule has 2 fully saturated rings. The quantitative estimate of drug-likeness (QED) is 0.198. The van der Waals surface area contributed by atoms with Crippen molar-refractivity contribution >= 4 is 18.2 Å². The van der Waals surface area contributed by atoms with Crippen molar-refractivity contribution in [3.8, 4) is 0 Å². The van der Waals surface area contributed by atoms with Gasteiger partial charge in [0.1, 0.15) is 17.9 Å². The molecule has 0 bridgehead atoms. The Morgan fingerprint density at radius 1 is 1.16 bits per heavy atom. The smallest absolute Gasteiger partial charge is 0.410 e. The van der Waals surface area contributed by atoms with E-state index in [1.807, 2.05) is 33.9 Å². The summed E-state index contributed by atoms with van der Waals surface area (Å²) in [6.07, 6.45) is 4.43. The summed E-state index contributed by atoms with van der Waals surface area (Å²) in [5, 5.41) is 21.8. The monoisotopic (exact) mass is 623 g/mol. The van der Waals surface area contributed by atoms with E-state index in [2.05, 4.69) is 4.90 Å². The van der Waals surface area contributed by atoms with Gasteiger partial charge in [0, 0.05) is 44.6 Å². The maximum absolute atomic E-state index is 13.4. The molecule has 0 aromatic rings. The molecule has 2 N–H and O–H groups in total. The number of amides is 2. The summed E-state index contributed by atoms with van der Waals surface area (Å²) >= 11 is 0. The van der Waals surface area contributed by atoms with Crippen molar-refractivity contribution < 1.29 is 43.2 Å². The number of aliphatic hydroxyl groups excluding tert-OH is 1. The Balaban J connectivity index is 1.70. The van der Waals surface area contributed by atoms with Crippen LogP contribution in [0.3, 0.4) is 0 Å². The number of aliphatic hydroxyl groups is 2. The van der Waals surface area contributed by atoms with Gasteiger partial charge in [-0.2, -0.15) is 0 Å². The van der Waals surface area contributed by atoms with Gasteiger partial charge in [0.25, 0.3) is 0 Å². The molecular weight excluding hydrogens is 573 g/mol. The van der Waals surface area contributed by atoms with E-state index in [-0.39, 0.29) is 44.2 Å². The maximum atomic E-state index is 13.4. The minimum atomic E-state index is -1.48. The predicted octanol–water partition coefficient (Wildman–Crippen LogP) is 3.46. The number of alkyl halides is 1. The Morgan fingerprint density at radius 2 is 1.86 bits per heavy atom. The molecule has 0 saturated carbocycles. The van der Waals surface area contributed by atoms with Gasteiger partial charge in [-0.1, -0.05) is 38.2 Å². The summed E-state index contributed by atoms with van der Waals surface area (Å²) in [5.41, 5.74) is -0.751. The van der Waals surface area contributed by atoms with Crippen molar-refractivity contribution in [2.45, 2.75) is 83.5 Å². The number of likely N-dealkylation sites (tertiary alicyclic amines) is 1. The summed E-state index contributed by atoms with van der Waals surface area (Å²) in [4.78, 5) is 43.0. The van der Waals surface area contributed by atoms with E-state index >= 15 is 0 Å². The van der Waals surface area contributed by atoms with Crippen LogP contribution in [0.4, 0.5) is 14.0 Å². The molecule has 0 unspecified atom stereocenters. The minimum absolute atomic E-state index is 0.0612. The first kappa shape index (κ1) is 35.5. The number of ether oxygens (including phenoxy) is 3. The molecule has 3 heterocycles. The molecule has 3 aliphatic rings. The molecule has 0 aliphatic carbocycles. The van der Waals surface area contributed by atoms with Crippen molar-refractivity contribution in [3.63, 3.8) is 0 Å². The maximum Gasteiger partial charge on any atom is 0.410 e. The van der Waals surface area contributed by atoms with E-state index in [1.54, 1.807) is 36.1 Å². The zero-order valence-corrected chi connectivity index (χ0v) is 26.7. The van der Waals surface area contributed by atoms with Crippen molar-refractivity contribution in [2.75, 3.05) is 52.9 Å². The number of hydrogen-bond donors (Lipinski definition) is 2. The number of carbonyl (C=O) groups excluding carboxylic acids is 3. The molecule has 44 heavy (non-hydrogen) atoms. The van der Waals surface area contributed by atoms with E-state index in [0.29, 0.717) is 26.1 Å². The lowest BCUT2D eigenvalue weighted by atomic mass is 9.89. The number of likely N-dealkylation sites (N-methyl/N-ethyl adjacent to an activating group) is 1. The van der Waals surface area contributed by atoms with Crippen molar-refractivity contribution in [2.24, 2.45) is 11.8 Å². The van der Waals surface area contributed by atoms with E-state index in [4.69, 9.17) is 14.2 Å². The average molecular weight is 624 g/mol. The topological polar surface area (TPSA) is 129 Å². The van der Waals surface area contributed by atoms with Crippen molar-refractivity contribution in [1.82, 2.24) is 14.7 Å². The van der Waals surface area contributed by atoms with Gasteiger partial charge in [0.05, 0.1) is 25.7 Å². The second-order valence-electron chi connectivity index (χ2n) is 12.7. The number of nitrogens with zero attached hydrogens (tertiary/aromatic N) is 3. The lowest BCUT2D eigenvalue weighted by Crippen LogP contribution is -2.50. The highest BCUT2D eigenvalue weighted by Gasteiger charge is 2.37. The number of allylic oxidation sites excluding steroid dienone is 2. The van der Waals surface area contributed by atoms with E-state index in [0.717, 1.165) is 18.7 Å². The van der Waals surface area contributed by atoms with Gasteiger partial charge >= 0.3 is 18.2 Å². The third-order valence-electron chi connectivity index (χ3n) is 8.42. The first-order chi connectivity index (χ1) is 20.7. The summed E-state index contributed by atoms with van der Waals surface area (Å²) in [6, 6.07) is 0. The van der Waals surface area contributed by atoms with Crippen LogP contribution in [0.5, 0.6) is 0 Å². The first-order valence-corrected chi connectivity index (χ1v) is 15.6. The van der Waals surface area contributed by atoms with Crippen LogP contribution in [0.25, 0.3) is 0 Å². The highest BCUT2D eigenvalue weighted by atomic mass is 19.1.